The van der Waals surface area contributed by atoms with Crippen LogP contribution in [-0.4, -0.2) is 5.11 Å². The van der Waals surface area contributed by atoms with Gasteiger partial charge in [0, 0.05) is 0 Å². The first-order valence-corrected chi connectivity index (χ1v) is 6.04. The lowest BCUT2D eigenvalue weighted by Crippen LogP contribution is -2.02. The smallest absolute Gasteiger partial charge is 0.104 e. The predicted octanol–water partition coefficient (Wildman–Crippen LogP) is 4.38. The van der Waals surface area contributed by atoms with Crippen LogP contribution >= 0.6 is 23.2 Å². The Morgan fingerprint density at radius 3 is 2.29 bits per heavy atom. The second-order valence-electron chi connectivity index (χ2n) is 3.89. The molecular formula is C14H12Cl2O. The first kappa shape index (κ1) is 12.4. The van der Waals surface area contributed by atoms with Gasteiger partial charge in [-0.2, -0.15) is 0 Å². The van der Waals surface area contributed by atoms with Crippen LogP contribution in [0.5, 0.6) is 0 Å². The highest BCUT2D eigenvalue weighted by atomic mass is 35.5. The average Bonchev–Trinajstić information content (AvgIpc) is 2.36. The third kappa shape index (κ3) is 2.47. The average molecular weight is 267 g/mol. The first-order chi connectivity index (χ1) is 8.11. The number of hydrogen-bond acceptors (Lipinski definition) is 1. The van der Waals surface area contributed by atoms with Crippen molar-refractivity contribution in [2.75, 3.05) is 0 Å². The summed E-state index contributed by atoms with van der Waals surface area (Å²) in [7, 11) is 0. The summed E-state index contributed by atoms with van der Waals surface area (Å²) in [5.74, 6) is 0. The van der Waals surface area contributed by atoms with Gasteiger partial charge in [-0.15, -0.1) is 0 Å². The van der Waals surface area contributed by atoms with E-state index in [9.17, 15) is 5.11 Å². The van der Waals surface area contributed by atoms with E-state index >= 15 is 0 Å². The van der Waals surface area contributed by atoms with Crippen molar-refractivity contribution in [1.29, 1.82) is 0 Å². The summed E-state index contributed by atoms with van der Waals surface area (Å²) in [5.41, 5.74) is 2.44. The SMILES string of the molecule is Cc1c(C(O)c2ccccc2)ccc(Cl)c1Cl. The summed E-state index contributed by atoms with van der Waals surface area (Å²) in [6.07, 6.45) is -0.675. The van der Waals surface area contributed by atoms with Gasteiger partial charge in [-0.3, -0.25) is 0 Å². The molecule has 1 N–H and O–H groups in total. The maximum Gasteiger partial charge on any atom is 0.104 e. The molecule has 0 fully saturated rings. The molecule has 1 unspecified atom stereocenters. The molecule has 0 saturated carbocycles. The Balaban J connectivity index is 2.45. The highest BCUT2D eigenvalue weighted by Crippen LogP contribution is 2.33. The third-order valence-corrected chi connectivity index (χ3v) is 3.69. The van der Waals surface area contributed by atoms with E-state index in [1.54, 1.807) is 12.1 Å². The highest BCUT2D eigenvalue weighted by molar-refractivity contribution is 6.42. The van der Waals surface area contributed by atoms with Crippen LogP contribution in [0, 0.1) is 6.92 Å². The van der Waals surface area contributed by atoms with Crippen molar-refractivity contribution in [3.63, 3.8) is 0 Å². The number of hydrogen-bond donors (Lipinski definition) is 1. The Kier molecular flexibility index (Phi) is 3.72. The van der Waals surface area contributed by atoms with Crippen molar-refractivity contribution in [2.24, 2.45) is 0 Å². The summed E-state index contributed by atoms with van der Waals surface area (Å²) in [6.45, 7) is 1.86. The molecule has 0 spiro atoms. The van der Waals surface area contributed by atoms with Gasteiger partial charge in [0.2, 0.25) is 0 Å². The lowest BCUT2D eigenvalue weighted by atomic mass is 9.97. The summed E-state index contributed by atoms with van der Waals surface area (Å²) >= 11 is 12.0. The Bertz CT molecular complexity index is 523. The maximum atomic E-state index is 10.3. The minimum absolute atomic E-state index is 0.499. The molecule has 0 amide bonds. The molecule has 2 rings (SSSR count). The van der Waals surface area contributed by atoms with E-state index in [-0.39, 0.29) is 0 Å². The van der Waals surface area contributed by atoms with Crippen molar-refractivity contribution in [3.8, 4) is 0 Å². The van der Waals surface area contributed by atoms with Crippen molar-refractivity contribution in [2.45, 2.75) is 13.0 Å². The molecule has 0 aliphatic heterocycles. The van der Waals surface area contributed by atoms with E-state index in [1.807, 2.05) is 37.3 Å². The zero-order valence-corrected chi connectivity index (χ0v) is 10.8. The lowest BCUT2D eigenvalue weighted by molar-refractivity contribution is 0.219. The normalized spacial score (nSPS) is 12.5. The van der Waals surface area contributed by atoms with Crippen LogP contribution < -0.4 is 0 Å². The van der Waals surface area contributed by atoms with Gasteiger partial charge in [-0.25, -0.2) is 0 Å². The fraction of sp³-hybridized carbons (Fsp3) is 0.143. The molecule has 3 heteroatoms. The largest absolute Gasteiger partial charge is 0.384 e. The molecule has 2 aromatic rings. The van der Waals surface area contributed by atoms with Gasteiger partial charge in [0.25, 0.3) is 0 Å². The maximum absolute atomic E-state index is 10.3. The van der Waals surface area contributed by atoms with Gasteiger partial charge in [0.1, 0.15) is 6.10 Å². The molecule has 0 aromatic heterocycles. The molecular weight excluding hydrogens is 255 g/mol. The minimum atomic E-state index is -0.675. The molecule has 17 heavy (non-hydrogen) atoms. The molecule has 1 atom stereocenters. The van der Waals surface area contributed by atoms with Gasteiger partial charge in [-0.05, 0) is 29.7 Å². The van der Waals surface area contributed by atoms with Crippen LogP contribution in [0.15, 0.2) is 42.5 Å². The Morgan fingerprint density at radius 2 is 1.65 bits per heavy atom. The monoisotopic (exact) mass is 266 g/mol. The molecule has 1 nitrogen and oxygen atoms in total. The first-order valence-electron chi connectivity index (χ1n) is 5.28. The van der Waals surface area contributed by atoms with Crippen LogP contribution in [0.4, 0.5) is 0 Å². The van der Waals surface area contributed by atoms with E-state index in [2.05, 4.69) is 0 Å². The van der Waals surface area contributed by atoms with E-state index in [0.717, 1.165) is 16.7 Å². The van der Waals surface area contributed by atoms with E-state index in [0.29, 0.717) is 10.0 Å². The Hall–Kier alpha value is -1.02. The quantitative estimate of drug-likeness (QED) is 0.855. The predicted molar refractivity (Wildman–Crippen MR) is 71.7 cm³/mol. The van der Waals surface area contributed by atoms with Crippen LogP contribution in [0.25, 0.3) is 0 Å². The van der Waals surface area contributed by atoms with Gasteiger partial charge in [-0.1, -0.05) is 59.6 Å². The second kappa shape index (κ2) is 5.09. The van der Waals surface area contributed by atoms with Gasteiger partial charge >= 0.3 is 0 Å². The molecule has 2 aromatic carbocycles. The summed E-state index contributed by atoms with van der Waals surface area (Å²) < 4.78 is 0. The molecule has 0 aliphatic rings. The molecule has 0 saturated heterocycles. The van der Waals surface area contributed by atoms with Crippen molar-refractivity contribution >= 4 is 23.2 Å². The van der Waals surface area contributed by atoms with Crippen molar-refractivity contribution < 1.29 is 5.11 Å². The van der Waals surface area contributed by atoms with E-state index in [1.165, 1.54) is 0 Å². The zero-order valence-electron chi connectivity index (χ0n) is 9.32. The third-order valence-electron chi connectivity index (χ3n) is 2.79. The summed E-state index contributed by atoms with van der Waals surface area (Å²) in [4.78, 5) is 0. The van der Waals surface area contributed by atoms with Crippen molar-refractivity contribution in [1.82, 2.24) is 0 Å². The minimum Gasteiger partial charge on any atom is -0.384 e. The number of rotatable bonds is 2. The number of halogens is 2. The van der Waals surface area contributed by atoms with Gasteiger partial charge < -0.3 is 5.11 Å². The van der Waals surface area contributed by atoms with E-state index in [4.69, 9.17) is 23.2 Å². The second-order valence-corrected chi connectivity index (χ2v) is 4.67. The van der Waals surface area contributed by atoms with Crippen LogP contribution in [-0.2, 0) is 0 Å². The van der Waals surface area contributed by atoms with Crippen LogP contribution in [0.1, 0.15) is 22.8 Å². The van der Waals surface area contributed by atoms with Crippen LogP contribution in [0.2, 0.25) is 10.0 Å². The topological polar surface area (TPSA) is 20.2 Å². The molecule has 0 aliphatic carbocycles. The summed E-state index contributed by atoms with van der Waals surface area (Å²) in [6, 6.07) is 13.0. The number of benzene rings is 2. The number of aliphatic hydroxyl groups is 1. The Morgan fingerprint density at radius 1 is 1.00 bits per heavy atom. The Labute approximate surface area is 111 Å². The molecule has 0 radical (unpaired) electrons. The fourth-order valence-corrected chi connectivity index (χ4v) is 2.15. The molecule has 0 bridgehead atoms. The van der Waals surface area contributed by atoms with Crippen molar-refractivity contribution in [3.05, 3.63) is 69.2 Å². The highest BCUT2D eigenvalue weighted by Gasteiger charge is 2.15. The zero-order chi connectivity index (χ0) is 12.4. The van der Waals surface area contributed by atoms with Crippen LogP contribution in [0.3, 0.4) is 0 Å². The van der Waals surface area contributed by atoms with E-state index < -0.39 is 6.10 Å². The number of aliphatic hydroxyl groups excluding tert-OH is 1. The van der Waals surface area contributed by atoms with Gasteiger partial charge in [0.15, 0.2) is 0 Å². The van der Waals surface area contributed by atoms with Gasteiger partial charge in [0.05, 0.1) is 10.0 Å². The lowest BCUT2D eigenvalue weighted by Gasteiger charge is -2.15. The summed E-state index contributed by atoms with van der Waals surface area (Å²) in [5, 5.41) is 11.3. The fourth-order valence-electron chi connectivity index (χ4n) is 1.78. The standard InChI is InChI=1S/C14H12Cl2O/c1-9-11(7-8-12(15)13(9)16)14(17)10-5-3-2-4-6-10/h2-8,14,17H,1H3. The molecule has 0 heterocycles. The molecule has 88 valence electrons.